The number of ether oxygens (including phenoxy) is 1. The lowest BCUT2D eigenvalue weighted by atomic mass is 9.95. The van der Waals surface area contributed by atoms with Crippen molar-refractivity contribution in [3.05, 3.63) is 35.4 Å². The highest BCUT2D eigenvalue weighted by atomic mass is 19.4. The molecular formula is C16H19F7O. The van der Waals surface area contributed by atoms with Crippen molar-refractivity contribution in [3.8, 4) is 0 Å². The SMILES string of the molecule is COC(CC(F)(F)C(F)(F)C(F)(F)F)c1cccc(CC(C)C)c1. The van der Waals surface area contributed by atoms with Gasteiger partial charge in [0.1, 0.15) is 0 Å². The Morgan fingerprint density at radius 2 is 1.58 bits per heavy atom. The lowest BCUT2D eigenvalue weighted by Gasteiger charge is -2.30. The summed E-state index contributed by atoms with van der Waals surface area (Å²) < 4.78 is 94.7. The van der Waals surface area contributed by atoms with Gasteiger partial charge in [0.15, 0.2) is 0 Å². The summed E-state index contributed by atoms with van der Waals surface area (Å²) in [5.41, 5.74) is 0.892. The van der Waals surface area contributed by atoms with Crippen LogP contribution in [0, 0.1) is 5.92 Å². The molecule has 1 aromatic carbocycles. The number of alkyl halides is 7. The molecule has 0 amide bonds. The molecule has 1 atom stereocenters. The largest absolute Gasteiger partial charge is 0.459 e. The standard InChI is InChI=1S/C16H19F7O/c1-10(2)7-11-5-4-6-12(8-11)13(24-3)9-14(17,18)15(19,20)16(21,22)23/h4-6,8,10,13H,7,9H2,1-3H3. The summed E-state index contributed by atoms with van der Waals surface area (Å²) >= 11 is 0. The monoisotopic (exact) mass is 360 g/mol. The van der Waals surface area contributed by atoms with Crippen LogP contribution in [0.4, 0.5) is 30.7 Å². The second-order valence-electron chi connectivity index (χ2n) is 6.05. The van der Waals surface area contributed by atoms with E-state index < -0.39 is 30.5 Å². The Hall–Kier alpha value is -1.31. The van der Waals surface area contributed by atoms with Crippen molar-refractivity contribution in [2.24, 2.45) is 5.92 Å². The van der Waals surface area contributed by atoms with Crippen LogP contribution in [0.2, 0.25) is 0 Å². The molecule has 24 heavy (non-hydrogen) atoms. The van der Waals surface area contributed by atoms with Crippen molar-refractivity contribution < 1.29 is 35.5 Å². The summed E-state index contributed by atoms with van der Waals surface area (Å²) in [7, 11) is 0.988. The number of hydrogen-bond donors (Lipinski definition) is 0. The van der Waals surface area contributed by atoms with E-state index in [1.54, 1.807) is 6.07 Å². The molecule has 0 aliphatic heterocycles. The minimum Gasteiger partial charge on any atom is -0.377 e. The van der Waals surface area contributed by atoms with Crippen LogP contribution >= 0.6 is 0 Å². The van der Waals surface area contributed by atoms with E-state index in [9.17, 15) is 30.7 Å². The van der Waals surface area contributed by atoms with Gasteiger partial charge in [0.2, 0.25) is 0 Å². The van der Waals surface area contributed by atoms with Crippen LogP contribution in [-0.2, 0) is 11.2 Å². The number of rotatable bonds is 7. The second kappa shape index (κ2) is 7.29. The molecule has 0 aliphatic rings. The first kappa shape index (κ1) is 20.7. The Balaban J connectivity index is 3.06. The molecule has 0 heterocycles. The average Bonchev–Trinajstić information content (AvgIpc) is 2.43. The molecule has 0 bridgehead atoms. The van der Waals surface area contributed by atoms with Crippen molar-refractivity contribution >= 4 is 0 Å². The third-order valence-corrected chi connectivity index (χ3v) is 3.51. The average molecular weight is 360 g/mol. The van der Waals surface area contributed by atoms with Crippen molar-refractivity contribution in [2.75, 3.05) is 7.11 Å². The predicted octanol–water partition coefficient (Wildman–Crippen LogP) is 5.80. The Kier molecular flexibility index (Phi) is 6.30. The van der Waals surface area contributed by atoms with Gasteiger partial charge in [-0.2, -0.15) is 30.7 Å². The molecular weight excluding hydrogens is 341 g/mol. The van der Waals surface area contributed by atoms with E-state index in [2.05, 4.69) is 0 Å². The van der Waals surface area contributed by atoms with E-state index in [1.165, 1.54) is 18.2 Å². The van der Waals surface area contributed by atoms with Gasteiger partial charge in [-0.1, -0.05) is 38.1 Å². The van der Waals surface area contributed by atoms with Crippen molar-refractivity contribution in [1.29, 1.82) is 0 Å². The van der Waals surface area contributed by atoms with Crippen LogP contribution in [-0.4, -0.2) is 25.1 Å². The van der Waals surface area contributed by atoms with Gasteiger partial charge in [-0.15, -0.1) is 0 Å². The van der Waals surface area contributed by atoms with E-state index in [-0.39, 0.29) is 11.5 Å². The third-order valence-electron chi connectivity index (χ3n) is 3.51. The fourth-order valence-corrected chi connectivity index (χ4v) is 2.30. The summed E-state index contributed by atoms with van der Waals surface area (Å²) in [5, 5.41) is 0. The Morgan fingerprint density at radius 1 is 1.00 bits per heavy atom. The highest BCUT2D eigenvalue weighted by molar-refractivity contribution is 5.26. The first-order chi connectivity index (χ1) is 10.8. The molecule has 1 unspecified atom stereocenters. The van der Waals surface area contributed by atoms with Crippen LogP contribution < -0.4 is 0 Å². The van der Waals surface area contributed by atoms with Gasteiger partial charge in [-0.05, 0) is 23.5 Å². The van der Waals surface area contributed by atoms with Gasteiger partial charge in [0.25, 0.3) is 0 Å². The predicted molar refractivity (Wildman–Crippen MR) is 75.3 cm³/mol. The molecule has 1 nitrogen and oxygen atoms in total. The topological polar surface area (TPSA) is 9.23 Å². The van der Waals surface area contributed by atoms with Gasteiger partial charge >= 0.3 is 18.0 Å². The van der Waals surface area contributed by atoms with E-state index in [0.29, 0.717) is 6.42 Å². The van der Waals surface area contributed by atoms with Gasteiger partial charge in [-0.3, -0.25) is 0 Å². The maximum absolute atomic E-state index is 13.6. The Bertz CT molecular complexity index is 537. The van der Waals surface area contributed by atoms with E-state index in [4.69, 9.17) is 4.74 Å². The molecule has 8 heteroatoms. The summed E-state index contributed by atoms with van der Waals surface area (Å²) in [4.78, 5) is 0. The maximum atomic E-state index is 13.6. The molecule has 1 rings (SSSR count). The first-order valence-corrected chi connectivity index (χ1v) is 7.26. The molecule has 0 spiro atoms. The quantitative estimate of drug-likeness (QED) is 0.559. The Labute approximate surface area is 135 Å². The van der Waals surface area contributed by atoms with Crippen LogP contribution in [0.1, 0.15) is 37.5 Å². The lowest BCUT2D eigenvalue weighted by Crippen LogP contribution is -2.52. The molecule has 0 N–H and O–H groups in total. The summed E-state index contributed by atoms with van der Waals surface area (Å²) in [6.07, 6.45) is -9.09. The van der Waals surface area contributed by atoms with E-state index in [1.807, 2.05) is 13.8 Å². The zero-order valence-electron chi connectivity index (χ0n) is 13.4. The second-order valence-corrected chi connectivity index (χ2v) is 6.05. The van der Waals surface area contributed by atoms with Crippen LogP contribution in [0.25, 0.3) is 0 Å². The molecule has 0 aliphatic carbocycles. The Morgan fingerprint density at radius 3 is 2.04 bits per heavy atom. The zero-order chi connectivity index (χ0) is 18.8. The summed E-state index contributed by atoms with van der Waals surface area (Å²) in [5.74, 6) is -11.2. The minimum atomic E-state index is -6.34. The molecule has 0 fully saturated rings. The highest BCUT2D eigenvalue weighted by Crippen LogP contribution is 2.50. The van der Waals surface area contributed by atoms with Gasteiger partial charge in [0.05, 0.1) is 6.10 Å². The molecule has 0 aromatic heterocycles. The van der Waals surface area contributed by atoms with Crippen molar-refractivity contribution in [3.63, 3.8) is 0 Å². The molecule has 0 radical (unpaired) electrons. The van der Waals surface area contributed by atoms with Crippen molar-refractivity contribution in [1.82, 2.24) is 0 Å². The number of hydrogen-bond acceptors (Lipinski definition) is 1. The third kappa shape index (κ3) is 4.62. The van der Waals surface area contributed by atoms with Gasteiger partial charge in [-0.25, -0.2) is 0 Å². The number of methoxy groups -OCH3 is 1. The van der Waals surface area contributed by atoms with E-state index in [0.717, 1.165) is 12.7 Å². The van der Waals surface area contributed by atoms with Crippen LogP contribution in [0.3, 0.4) is 0 Å². The van der Waals surface area contributed by atoms with Crippen LogP contribution in [0.15, 0.2) is 24.3 Å². The van der Waals surface area contributed by atoms with Gasteiger partial charge in [0, 0.05) is 13.5 Å². The van der Waals surface area contributed by atoms with Crippen molar-refractivity contribution in [2.45, 2.75) is 50.8 Å². The zero-order valence-corrected chi connectivity index (χ0v) is 13.4. The minimum absolute atomic E-state index is 0.133. The number of benzene rings is 1. The van der Waals surface area contributed by atoms with Gasteiger partial charge < -0.3 is 4.74 Å². The number of halogens is 7. The molecule has 0 saturated heterocycles. The fraction of sp³-hybridized carbons (Fsp3) is 0.625. The van der Waals surface area contributed by atoms with Crippen LogP contribution in [0.5, 0.6) is 0 Å². The smallest absolute Gasteiger partial charge is 0.377 e. The molecule has 0 saturated carbocycles. The molecule has 138 valence electrons. The van der Waals surface area contributed by atoms with E-state index >= 15 is 0 Å². The normalized spacial score (nSPS) is 15.0. The molecule has 1 aromatic rings. The summed E-state index contributed by atoms with van der Waals surface area (Å²) in [6, 6.07) is 6.09. The fourth-order valence-electron chi connectivity index (χ4n) is 2.30. The summed E-state index contributed by atoms with van der Waals surface area (Å²) in [6.45, 7) is 3.86. The maximum Gasteiger partial charge on any atom is 0.459 e. The lowest BCUT2D eigenvalue weighted by molar-refractivity contribution is -0.358. The first-order valence-electron chi connectivity index (χ1n) is 7.26. The highest BCUT2D eigenvalue weighted by Gasteiger charge is 2.73.